The molecule has 0 aromatic heterocycles. The Morgan fingerprint density at radius 3 is 0.933 bits per heavy atom. The van der Waals surface area contributed by atoms with Crippen LogP contribution in [0.3, 0.4) is 0 Å². The van der Waals surface area contributed by atoms with Crippen LogP contribution in [0.5, 0.6) is 0 Å². The number of thioether (sulfide) groups is 1. The van der Waals surface area contributed by atoms with Gasteiger partial charge in [0, 0.05) is 125 Å². The van der Waals surface area contributed by atoms with E-state index < -0.39 is 0 Å². The Hall–Kier alpha value is -10.8. The number of anilines is 4. The van der Waals surface area contributed by atoms with Gasteiger partial charge in [0.05, 0.1) is 12.8 Å². The van der Waals surface area contributed by atoms with E-state index in [-0.39, 0.29) is 53.0 Å². The molecule has 0 aliphatic carbocycles. The van der Waals surface area contributed by atoms with Gasteiger partial charge >= 0.3 is 0 Å². The van der Waals surface area contributed by atoms with Crippen LogP contribution in [0.15, 0.2) is 394 Å². The van der Waals surface area contributed by atoms with E-state index in [0.29, 0.717) is 60.2 Å². The van der Waals surface area contributed by atoms with Crippen molar-refractivity contribution in [3.63, 3.8) is 0 Å². The third-order valence-electron chi connectivity index (χ3n) is 25.9. The quantitative estimate of drug-likeness (QED) is 0.0332. The van der Waals surface area contributed by atoms with Crippen molar-refractivity contribution in [1.29, 1.82) is 0 Å². The number of para-hydroxylation sites is 4. The summed E-state index contributed by atoms with van der Waals surface area (Å²) in [6.07, 6.45) is 10.4. The molecule has 4 aliphatic rings. The Labute approximate surface area is 824 Å². The van der Waals surface area contributed by atoms with Gasteiger partial charge in [-0.2, -0.15) is 11.8 Å². The monoisotopic (exact) mass is 1900 g/mol. The molecule has 13 aromatic rings. The maximum atomic E-state index is 13.7. The van der Waals surface area contributed by atoms with Gasteiger partial charge in [0.1, 0.15) is 0 Å². The van der Waals surface area contributed by atoms with Crippen LogP contribution in [0.2, 0.25) is 0 Å². The minimum absolute atomic E-state index is 0. The number of amides is 2. The van der Waals surface area contributed by atoms with Crippen LogP contribution in [0, 0.1) is 47.3 Å². The average molecular weight is 1900 g/mol. The zero-order valence-corrected chi connectivity index (χ0v) is 82.0. The molecule has 0 saturated carbocycles. The van der Waals surface area contributed by atoms with E-state index in [2.05, 4.69) is 341 Å². The first-order chi connectivity index (χ1) is 64.0. The first kappa shape index (κ1) is 109. The fraction of sp³-hybridized carbons (Fsp3) is 0.322. The van der Waals surface area contributed by atoms with Gasteiger partial charge in [-0.05, 0) is 236 Å². The Balaban J connectivity index is 0.000000235. The molecule has 4 aliphatic heterocycles. The Morgan fingerprint density at radius 2 is 0.590 bits per heavy atom. The molecule has 3 radical (unpaired) electrons. The summed E-state index contributed by atoms with van der Waals surface area (Å²) in [5.41, 5.74) is 16.5. The number of hydrogen-bond donors (Lipinski definition) is 3. The van der Waals surface area contributed by atoms with E-state index >= 15 is 0 Å². The van der Waals surface area contributed by atoms with Gasteiger partial charge in [0.25, 0.3) is 0 Å². The molecule has 13 nitrogen and oxygen atoms in total. The molecule has 7 N–H and O–H groups in total. The van der Waals surface area contributed by atoms with Crippen molar-refractivity contribution in [2.45, 2.75) is 78.8 Å². The van der Waals surface area contributed by atoms with Crippen LogP contribution in [-0.2, 0) is 88.0 Å². The van der Waals surface area contributed by atoms with Crippen LogP contribution in [0.4, 0.5) is 22.7 Å². The van der Waals surface area contributed by atoms with Crippen LogP contribution in [0.1, 0.15) is 72.3 Å². The zero-order chi connectivity index (χ0) is 90.2. The van der Waals surface area contributed by atoms with Crippen LogP contribution < -0.4 is 30.7 Å². The van der Waals surface area contributed by atoms with E-state index in [9.17, 15) is 9.59 Å². The molecule has 707 valence electrons. The molecular weight excluding hydrogens is 1760 g/mol. The second-order valence-corrected chi connectivity index (χ2v) is 36.1. The molecule has 2 amide bonds. The number of rotatable bonds is 34. The summed E-state index contributed by atoms with van der Waals surface area (Å²) in [6.45, 7) is 25.4. The van der Waals surface area contributed by atoms with Crippen LogP contribution >= 0.6 is 11.8 Å². The molecule has 4 fully saturated rings. The number of nitrogens with one attached hydrogen (secondary N) is 3. The fourth-order valence-electron chi connectivity index (χ4n) is 18.8. The minimum atomic E-state index is 0. The van der Waals surface area contributed by atoms with Crippen molar-refractivity contribution in [3.05, 3.63) is 444 Å². The Kier molecular flexibility index (Phi) is 50.2. The van der Waals surface area contributed by atoms with E-state index in [1.165, 1.54) is 82.9 Å². The number of likely N-dealkylation sites (tertiary alicyclic amines) is 2. The van der Waals surface area contributed by atoms with Gasteiger partial charge in [-0.1, -0.05) is 367 Å². The second-order valence-electron chi connectivity index (χ2n) is 35.3. The molecule has 4 saturated heterocycles. The number of carbonyl (C=O) groups is 2. The number of hydrogen-bond acceptors (Lipinski definition) is 10. The van der Waals surface area contributed by atoms with Crippen molar-refractivity contribution in [2.75, 3.05) is 137 Å². The summed E-state index contributed by atoms with van der Waals surface area (Å²) >= 11 is 1.75. The molecule has 13 aromatic carbocycles. The molecule has 0 unspecified atom stereocenters. The van der Waals surface area contributed by atoms with Gasteiger partial charge in [-0.15, -0.1) is 0 Å². The van der Waals surface area contributed by atoms with E-state index in [1.807, 2.05) is 132 Å². The SMILES string of the molecule is CCN(CC)CC.CSC.O.O.O=C(Cc1ccccc1)N(C[C@H]1CN(Cc2ccccc2)C[C@@H]1Cc1ccccc1)c1ccccc1.O=C(Cc1ccccc1)N(C[C@H]1CNC[C@@H]1Cc1ccccc1)c1ccccc1.[B].[HH].[Pd].c1ccc(CCN(C[C@H]2CNC[C@@H]2Cc2ccccc2)c2ccccc2)cc1.c1ccc(C[C@H]2CN(Cc3ccccc3)C[C@@H]2CNc2ccccc2)cc1. The van der Waals surface area contributed by atoms with Gasteiger partial charge in [0.15, 0.2) is 0 Å². The number of benzene rings is 13. The summed E-state index contributed by atoms with van der Waals surface area (Å²) in [5.74, 6) is 4.91. The largest absolute Gasteiger partial charge is 0.412 e. The van der Waals surface area contributed by atoms with Gasteiger partial charge < -0.3 is 46.5 Å². The number of nitrogens with zero attached hydrogens (tertiary/aromatic N) is 6. The second kappa shape index (κ2) is 62.0. The molecule has 16 heteroatoms. The van der Waals surface area contributed by atoms with Gasteiger partial charge in [0.2, 0.25) is 11.8 Å². The average Bonchev–Trinajstić information content (AvgIpc) is 1.07. The third kappa shape index (κ3) is 37.1. The molecule has 8 atom stereocenters. The van der Waals surface area contributed by atoms with E-state index in [4.69, 9.17) is 0 Å². The molecule has 4 heterocycles. The first-order valence-electron chi connectivity index (χ1n) is 47.7. The maximum Gasteiger partial charge on any atom is 0.231 e. The summed E-state index contributed by atoms with van der Waals surface area (Å²) in [6, 6.07) is 138. The van der Waals surface area contributed by atoms with Crippen LogP contribution in [0.25, 0.3) is 0 Å². The van der Waals surface area contributed by atoms with Crippen molar-refractivity contribution in [3.8, 4) is 0 Å². The van der Waals surface area contributed by atoms with Crippen LogP contribution in [-0.4, -0.2) is 163 Å². The van der Waals surface area contributed by atoms with Gasteiger partial charge in [-0.25, -0.2) is 0 Å². The predicted octanol–water partition coefficient (Wildman–Crippen LogP) is 21.0. The molecule has 17 rings (SSSR count). The normalized spacial score (nSPS) is 17.4. The Bertz CT molecular complexity index is 5180. The molecule has 134 heavy (non-hydrogen) atoms. The molecule has 0 spiro atoms. The molecular formula is C118H147BN9O4PdS. The fourth-order valence-corrected chi connectivity index (χ4v) is 18.8. The zero-order valence-electron chi connectivity index (χ0n) is 79.6. The summed E-state index contributed by atoms with van der Waals surface area (Å²) in [4.78, 5) is 41.1. The maximum absolute atomic E-state index is 13.7. The first-order valence-corrected chi connectivity index (χ1v) is 49.3. The summed E-state index contributed by atoms with van der Waals surface area (Å²) in [7, 11) is 0. The number of carbonyl (C=O) groups excluding carboxylic acids is 2. The van der Waals surface area contributed by atoms with Gasteiger partial charge in [-0.3, -0.25) is 19.4 Å². The standard InChI is InChI=1S/C33H34N2O.C26H28N2O.C26H30N2.C25H28N2.C6H15N.C2H6S.B.2H2O.Pd.H2/c36-33(22-28-15-7-2-8-16-28)35(32-19-11-4-12-20-32)26-31-25-34(23-29-17-9-3-10-18-29)24-30(31)21-27-13-5-1-6-14-27;29-26(17-22-12-6-2-7-13-22)28(25-14-8-3-9-15-25)20-24-19-27-18-23(24)16-21-10-4-1-5-11-21;1-4-10-22(11-5-1)16-17-28(26-14-8-3-9-15-26)21-25-20-27-19-24(25)18-23-12-6-2-7-13-23;1-4-10-21(11-5-1)16-23-19-27(18-22-12-6-2-7-13-22)20-24(23)17-26-25-14-8-3-9-15-25;1-4-7(5-2)6-3;1-3-2;;;;;/h1-20,30-31H,21-26H2;1-15,23-24,27H,16-20H2;1-15,24-25,27H,16-21H2;1-15,23-24,26H,16-20H2;4-6H2,1-3H3;1-2H3;;2*1H2;;1H/t30-,31+;23-,24+;24-,25+;23-,24-;;;;;;;/m0000......./s1. The van der Waals surface area contributed by atoms with Crippen molar-refractivity contribution < 1.29 is 42.4 Å². The third-order valence-corrected chi connectivity index (χ3v) is 25.9. The van der Waals surface area contributed by atoms with Crippen molar-refractivity contribution in [1.82, 2.24) is 25.3 Å². The van der Waals surface area contributed by atoms with E-state index in [1.54, 1.807) is 11.8 Å². The molecule has 0 bridgehead atoms. The smallest absolute Gasteiger partial charge is 0.231 e. The van der Waals surface area contributed by atoms with E-state index in [0.717, 1.165) is 140 Å². The Morgan fingerprint density at radius 1 is 0.328 bits per heavy atom. The minimum Gasteiger partial charge on any atom is -0.412 e. The van der Waals surface area contributed by atoms with Crippen molar-refractivity contribution in [2.24, 2.45) is 47.3 Å². The van der Waals surface area contributed by atoms with Crippen molar-refractivity contribution >= 4 is 54.7 Å². The topological polar surface area (TPSA) is 153 Å². The predicted molar refractivity (Wildman–Crippen MR) is 567 cm³/mol. The summed E-state index contributed by atoms with van der Waals surface area (Å²) in [5, 5.41) is 10.9. The summed E-state index contributed by atoms with van der Waals surface area (Å²) < 4.78 is 0.